The molecule has 0 spiro atoms. The first kappa shape index (κ1) is 30.0. The second-order valence-electron chi connectivity index (χ2n) is 11.5. The fourth-order valence-corrected chi connectivity index (χ4v) is 5.86. The van der Waals surface area contributed by atoms with Crippen molar-refractivity contribution in [2.75, 3.05) is 19.6 Å². The average Bonchev–Trinajstić information content (AvgIpc) is 2.98. The Labute approximate surface area is 240 Å². The Bertz CT molecular complexity index is 1060. The molecule has 5 heteroatoms. The summed E-state index contributed by atoms with van der Waals surface area (Å²) in [5.41, 5.74) is 10.2. The first-order chi connectivity index (χ1) is 19.6. The van der Waals surface area contributed by atoms with Gasteiger partial charge in [0.1, 0.15) is 0 Å². The van der Waals surface area contributed by atoms with E-state index in [0.29, 0.717) is 19.5 Å². The van der Waals surface area contributed by atoms with E-state index in [9.17, 15) is 9.90 Å². The molecule has 5 nitrogen and oxygen atoms in total. The molecule has 40 heavy (non-hydrogen) atoms. The van der Waals surface area contributed by atoms with E-state index in [2.05, 4.69) is 70.9 Å². The normalized spacial score (nSPS) is 17.4. The van der Waals surface area contributed by atoms with Gasteiger partial charge >= 0.3 is 0 Å². The number of β-amino-alcohol motifs (C(OH)–C–C–N with tert-alkyl or cyclic N) is 1. The van der Waals surface area contributed by atoms with Crippen LogP contribution >= 0.6 is 0 Å². The first-order valence-corrected chi connectivity index (χ1v) is 15.1. The minimum Gasteiger partial charge on any atom is -0.390 e. The molecule has 3 atom stereocenters. The van der Waals surface area contributed by atoms with E-state index in [0.717, 1.165) is 63.5 Å². The van der Waals surface area contributed by atoms with Crippen molar-refractivity contribution >= 4 is 5.91 Å². The molecule has 214 valence electrons. The molecule has 1 heterocycles. The molecule has 1 aliphatic rings. The molecule has 4 rings (SSSR count). The number of nitrogens with two attached hydrogens (primary N) is 1. The van der Waals surface area contributed by atoms with Gasteiger partial charge in [0.25, 0.3) is 0 Å². The van der Waals surface area contributed by atoms with Crippen molar-refractivity contribution in [3.8, 4) is 0 Å². The molecule has 3 aromatic carbocycles. The van der Waals surface area contributed by atoms with Gasteiger partial charge in [0.15, 0.2) is 0 Å². The van der Waals surface area contributed by atoms with Gasteiger partial charge in [0.05, 0.1) is 12.0 Å². The van der Waals surface area contributed by atoms with Gasteiger partial charge in [0, 0.05) is 25.2 Å². The Balaban J connectivity index is 1.27. The quantitative estimate of drug-likeness (QED) is 0.248. The van der Waals surface area contributed by atoms with E-state index in [-0.39, 0.29) is 23.9 Å². The average molecular weight is 542 g/mol. The third-order valence-corrected chi connectivity index (χ3v) is 8.20. The zero-order valence-electron chi connectivity index (χ0n) is 23.8. The number of amides is 1. The number of aryl methyl sites for hydroxylation is 2. The van der Waals surface area contributed by atoms with Crippen LogP contribution in [0.4, 0.5) is 0 Å². The van der Waals surface area contributed by atoms with Gasteiger partial charge in [-0.25, -0.2) is 0 Å². The van der Waals surface area contributed by atoms with Gasteiger partial charge in [-0.15, -0.1) is 0 Å². The van der Waals surface area contributed by atoms with Crippen molar-refractivity contribution in [2.24, 2.45) is 11.7 Å². The van der Waals surface area contributed by atoms with Gasteiger partial charge in [-0.05, 0) is 81.0 Å². The van der Waals surface area contributed by atoms with Crippen LogP contribution < -0.4 is 11.1 Å². The van der Waals surface area contributed by atoms with E-state index in [1.54, 1.807) is 0 Å². The summed E-state index contributed by atoms with van der Waals surface area (Å²) < 4.78 is 0. The van der Waals surface area contributed by atoms with Crippen LogP contribution in [0.25, 0.3) is 0 Å². The lowest BCUT2D eigenvalue weighted by atomic mass is 9.94. The van der Waals surface area contributed by atoms with Gasteiger partial charge in [-0.3, -0.25) is 9.69 Å². The summed E-state index contributed by atoms with van der Waals surface area (Å²) in [6.45, 7) is 2.09. The van der Waals surface area contributed by atoms with Crippen LogP contribution in [-0.4, -0.2) is 53.7 Å². The molecule has 1 aliphatic heterocycles. The van der Waals surface area contributed by atoms with Crippen molar-refractivity contribution in [1.82, 2.24) is 10.2 Å². The summed E-state index contributed by atoms with van der Waals surface area (Å²) in [6.07, 6.45) is 8.04. The van der Waals surface area contributed by atoms with Crippen LogP contribution in [0.3, 0.4) is 0 Å². The lowest BCUT2D eigenvalue weighted by Crippen LogP contribution is -2.50. The predicted octanol–water partition coefficient (Wildman–Crippen LogP) is 5.16. The fourth-order valence-electron chi connectivity index (χ4n) is 5.86. The third kappa shape index (κ3) is 10.2. The van der Waals surface area contributed by atoms with Crippen molar-refractivity contribution in [3.63, 3.8) is 0 Å². The van der Waals surface area contributed by atoms with Crippen LogP contribution in [0.2, 0.25) is 0 Å². The largest absolute Gasteiger partial charge is 0.390 e. The molecule has 1 saturated heterocycles. The number of carbonyl (C=O) groups is 1. The van der Waals surface area contributed by atoms with E-state index in [1.165, 1.54) is 11.1 Å². The lowest BCUT2D eigenvalue weighted by molar-refractivity contribution is -0.127. The van der Waals surface area contributed by atoms with Crippen LogP contribution in [-0.2, 0) is 24.1 Å². The Morgan fingerprint density at radius 2 is 1.38 bits per heavy atom. The number of aliphatic hydroxyl groups is 1. The molecule has 3 aromatic rings. The summed E-state index contributed by atoms with van der Waals surface area (Å²) in [4.78, 5) is 15.7. The maximum atomic E-state index is 13.5. The topological polar surface area (TPSA) is 78.6 Å². The third-order valence-electron chi connectivity index (χ3n) is 8.20. The van der Waals surface area contributed by atoms with Gasteiger partial charge in [-0.2, -0.15) is 0 Å². The smallest absolute Gasteiger partial charge is 0.224 e. The maximum absolute atomic E-state index is 13.5. The van der Waals surface area contributed by atoms with E-state index in [1.807, 2.05) is 30.3 Å². The van der Waals surface area contributed by atoms with Crippen molar-refractivity contribution < 1.29 is 9.90 Å². The number of carbonyl (C=O) groups excluding carboxylic acids is 1. The van der Waals surface area contributed by atoms with Crippen molar-refractivity contribution in [2.45, 2.75) is 76.0 Å². The number of nitrogens with zero attached hydrogens (tertiary/aromatic N) is 1. The second-order valence-corrected chi connectivity index (χ2v) is 11.5. The van der Waals surface area contributed by atoms with Crippen molar-refractivity contribution in [1.29, 1.82) is 0 Å². The van der Waals surface area contributed by atoms with Crippen LogP contribution in [0, 0.1) is 5.92 Å². The molecular weight excluding hydrogens is 494 g/mol. The van der Waals surface area contributed by atoms with E-state index >= 15 is 0 Å². The summed E-state index contributed by atoms with van der Waals surface area (Å²) in [6, 6.07) is 31.1. The molecule has 0 saturated carbocycles. The highest BCUT2D eigenvalue weighted by molar-refractivity contribution is 5.79. The Hall–Kier alpha value is -2.99. The van der Waals surface area contributed by atoms with Gasteiger partial charge in [-0.1, -0.05) is 91.0 Å². The highest BCUT2D eigenvalue weighted by atomic mass is 16.3. The predicted molar refractivity (Wildman–Crippen MR) is 164 cm³/mol. The first-order valence-electron chi connectivity index (χ1n) is 15.1. The molecule has 0 radical (unpaired) electrons. The Morgan fingerprint density at radius 3 is 1.93 bits per heavy atom. The number of hydrogen-bond donors (Lipinski definition) is 3. The molecule has 1 fully saturated rings. The SMILES string of the molecule is N[C@@H](Cc1ccccc1)[C@@H](O)CN1CCCC(C(=O)NC(CCCc2ccccc2)CCCc2ccccc2)C1. The van der Waals surface area contributed by atoms with Crippen LogP contribution in [0.1, 0.15) is 55.2 Å². The number of rotatable bonds is 15. The highest BCUT2D eigenvalue weighted by Gasteiger charge is 2.29. The zero-order chi connectivity index (χ0) is 28.0. The van der Waals surface area contributed by atoms with Crippen LogP contribution in [0.5, 0.6) is 0 Å². The van der Waals surface area contributed by atoms with E-state index < -0.39 is 6.10 Å². The lowest BCUT2D eigenvalue weighted by Gasteiger charge is -2.35. The number of likely N-dealkylation sites (tertiary alicyclic amines) is 1. The Kier molecular flexibility index (Phi) is 12.2. The maximum Gasteiger partial charge on any atom is 0.224 e. The summed E-state index contributed by atoms with van der Waals surface area (Å²) in [7, 11) is 0. The molecule has 1 unspecified atom stereocenters. The van der Waals surface area contributed by atoms with Gasteiger partial charge in [0.2, 0.25) is 5.91 Å². The fraction of sp³-hybridized carbons (Fsp3) is 0.457. The number of piperidine rings is 1. The zero-order valence-corrected chi connectivity index (χ0v) is 23.8. The Morgan fingerprint density at radius 1 is 0.850 bits per heavy atom. The van der Waals surface area contributed by atoms with E-state index in [4.69, 9.17) is 5.73 Å². The molecule has 0 aliphatic carbocycles. The summed E-state index contributed by atoms with van der Waals surface area (Å²) in [5.74, 6) is 0.120. The molecule has 0 aromatic heterocycles. The van der Waals surface area contributed by atoms with Gasteiger partial charge < -0.3 is 16.2 Å². The monoisotopic (exact) mass is 541 g/mol. The highest BCUT2D eigenvalue weighted by Crippen LogP contribution is 2.20. The summed E-state index contributed by atoms with van der Waals surface area (Å²) in [5, 5.41) is 14.3. The van der Waals surface area contributed by atoms with Crippen LogP contribution in [0.15, 0.2) is 91.0 Å². The molecular formula is C35H47N3O2. The van der Waals surface area contributed by atoms with Crippen molar-refractivity contribution in [3.05, 3.63) is 108 Å². The summed E-state index contributed by atoms with van der Waals surface area (Å²) >= 11 is 0. The second kappa shape index (κ2) is 16.3. The number of hydrogen-bond acceptors (Lipinski definition) is 4. The minimum atomic E-state index is -0.620. The standard InChI is InChI=1S/C35H47N3O2/c36-33(25-30-17-8-3-9-18-30)34(39)27-38-24-12-21-31(26-38)35(40)37-32(22-10-19-28-13-4-1-5-14-28)23-11-20-29-15-6-2-7-16-29/h1-9,13-18,31-34,39H,10-12,19-27,36H2,(H,37,40)/t31?,33-,34-/m0/s1. The number of nitrogens with one attached hydrogen (secondary N) is 1. The molecule has 4 N–H and O–H groups in total. The minimum absolute atomic E-state index is 0.0444. The number of benzene rings is 3. The molecule has 1 amide bonds. The molecule has 0 bridgehead atoms. The number of aliphatic hydroxyl groups excluding tert-OH is 1.